The largest absolute Gasteiger partial charge is 0.471 e. The Bertz CT molecular complexity index is 1130. The van der Waals surface area contributed by atoms with Gasteiger partial charge in [0.05, 0.1) is 17.7 Å². The van der Waals surface area contributed by atoms with E-state index in [1.165, 1.54) is 6.07 Å². The van der Waals surface area contributed by atoms with Crippen molar-refractivity contribution in [1.29, 1.82) is 0 Å². The van der Waals surface area contributed by atoms with E-state index in [-0.39, 0.29) is 19.4 Å². The van der Waals surface area contributed by atoms with Gasteiger partial charge in [0.1, 0.15) is 0 Å². The number of carbonyl (C=O) groups is 1. The fourth-order valence-electron chi connectivity index (χ4n) is 4.32. The minimum Gasteiger partial charge on any atom is -0.389 e. The Labute approximate surface area is 172 Å². The van der Waals surface area contributed by atoms with Gasteiger partial charge in [0.15, 0.2) is 0 Å². The second kappa shape index (κ2) is 7.44. The summed E-state index contributed by atoms with van der Waals surface area (Å²) in [7, 11) is 0. The molecule has 10 heteroatoms. The Morgan fingerprint density at radius 3 is 2.32 bits per heavy atom. The number of aromatic nitrogens is 1. The summed E-state index contributed by atoms with van der Waals surface area (Å²) in [5.74, 6) is -2.01. The number of aliphatic hydroxyl groups excluding tert-OH is 1. The number of carbonyl (C=O) groups excluding carboxylic acids is 1. The lowest BCUT2D eigenvalue weighted by atomic mass is 10.1. The van der Waals surface area contributed by atoms with Gasteiger partial charge in [0.25, 0.3) is 0 Å². The summed E-state index contributed by atoms with van der Waals surface area (Å²) >= 11 is 0. The summed E-state index contributed by atoms with van der Waals surface area (Å²) in [4.78, 5) is 12.2. The molecule has 1 unspecified atom stereocenters. The number of likely N-dealkylation sites (tertiary alicyclic amines) is 1. The molecule has 1 aliphatic heterocycles. The molecule has 1 aliphatic rings. The summed E-state index contributed by atoms with van der Waals surface area (Å²) in [6, 6.07) is 9.33. The minimum atomic E-state index is -5.04. The highest BCUT2D eigenvalue weighted by atomic mass is 19.4. The van der Waals surface area contributed by atoms with Crippen LogP contribution in [0.15, 0.2) is 42.5 Å². The van der Waals surface area contributed by atoms with Crippen LogP contribution in [0.5, 0.6) is 0 Å². The van der Waals surface area contributed by atoms with Crippen LogP contribution in [0, 0.1) is 0 Å². The van der Waals surface area contributed by atoms with Gasteiger partial charge in [-0.05, 0) is 37.1 Å². The zero-order valence-electron chi connectivity index (χ0n) is 16.0. The van der Waals surface area contributed by atoms with Crippen molar-refractivity contribution < 1.29 is 36.2 Å². The third kappa shape index (κ3) is 3.84. The van der Waals surface area contributed by atoms with Crippen LogP contribution in [0.2, 0.25) is 0 Å². The van der Waals surface area contributed by atoms with E-state index in [0.717, 1.165) is 12.1 Å². The first-order chi connectivity index (χ1) is 14.5. The quantitative estimate of drug-likeness (QED) is 0.543. The minimum absolute atomic E-state index is 0.165. The number of rotatable bonds is 1. The maximum absolute atomic E-state index is 13.2. The van der Waals surface area contributed by atoms with Crippen molar-refractivity contribution in [3.8, 4) is 0 Å². The molecule has 1 aromatic heterocycles. The number of halogens is 6. The van der Waals surface area contributed by atoms with Crippen molar-refractivity contribution in [1.82, 2.24) is 9.47 Å². The lowest BCUT2D eigenvalue weighted by molar-refractivity contribution is -0.186. The Kier molecular flexibility index (Phi) is 5.15. The lowest BCUT2D eigenvalue weighted by Crippen LogP contribution is -2.45. The zero-order chi connectivity index (χ0) is 22.6. The summed E-state index contributed by atoms with van der Waals surface area (Å²) in [5.41, 5.74) is 0.191. The van der Waals surface area contributed by atoms with Crippen molar-refractivity contribution in [2.75, 3.05) is 13.1 Å². The smallest absolute Gasteiger partial charge is 0.389 e. The second-order valence-corrected chi connectivity index (χ2v) is 7.64. The molecule has 0 radical (unpaired) electrons. The number of amides is 1. The molecule has 0 aliphatic carbocycles. The molecule has 1 fully saturated rings. The fraction of sp³-hybridized carbons (Fsp3) is 0.381. The number of benzene rings is 2. The normalized spacial score (nSPS) is 20.9. The van der Waals surface area contributed by atoms with E-state index in [9.17, 15) is 36.2 Å². The average Bonchev–Trinajstić information content (AvgIpc) is 2.89. The molecule has 1 N–H and O–H groups in total. The molecule has 4 rings (SSSR count). The van der Waals surface area contributed by atoms with Crippen LogP contribution in [0.1, 0.15) is 24.4 Å². The molecule has 2 atom stereocenters. The Balaban J connectivity index is 1.81. The van der Waals surface area contributed by atoms with Crippen molar-refractivity contribution in [3.63, 3.8) is 0 Å². The van der Waals surface area contributed by atoms with Crippen LogP contribution in [0.4, 0.5) is 26.3 Å². The van der Waals surface area contributed by atoms with E-state index in [0.29, 0.717) is 26.7 Å². The van der Waals surface area contributed by atoms with Crippen LogP contribution < -0.4 is 0 Å². The maximum atomic E-state index is 13.2. The molecular formula is C21H18F6N2O2. The van der Waals surface area contributed by atoms with E-state index >= 15 is 0 Å². The molecular weight excluding hydrogens is 426 g/mol. The van der Waals surface area contributed by atoms with Gasteiger partial charge in [-0.1, -0.05) is 18.2 Å². The van der Waals surface area contributed by atoms with Gasteiger partial charge in [0, 0.05) is 34.9 Å². The van der Waals surface area contributed by atoms with E-state index in [2.05, 4.69) is 0 Å². The zero-order valence-corrected chi connectivity index (χ0v) is 16.0. The summed E-state index contributed by atoms with van der Waals surface area (Å²) in [5, 5.41) is 11.6. The lowest BCUT2D eigenvalue weighted by Gasteiger charge is -2.27. The van der Waals surface area contributed by atoms with E-state index < -0.39 is 42.5 Å². The first-order valence-electron chi connectivity index (χ1n) is 9.62. The summed E-state index contributed by atoms with van der Waals surface area (Å²) < 4.78 is 79.9. The average molecular weight is 444 g/mol. The van der Waals surface area contributed by atoms with Gasteiger partial charge in [-0.3, -0.25) is 4.79 Å². The molecule has 0 spiro atoms. The number of hydrogen-bond acceptors (Lipinski definition) is 2. The molecule has 31 heavy (non-hydrogen) atoms. The molecule has 2 heterocycles. The van der Waals surface area contributed by atoms with Gasteiger partial charge < -0.3 is 14.6 Å². The fourth-order valence-corrected chi connectivity index (χ4v) is 4.32. The topological polar surface area (TPSA) is 45.5 Å². The highest BCUT2D eigenvalue weighted by Gasteiger charge is 2.44. The Hall–Kier alpha value is -2.75. The first kappa shape index (κ1) is 21.5. The molecule has 1 amide bonds. The van der Waals surface area contributed by atoms with Gasteiger partial charge in [-0.15, -0.1) is 0 Å². The van der Waals surface area contributed by atoms with Crippen LogP contribution >= 0.6 is 0 Å². The monoisotopic (exact) mass is 444 g/mol. The van der Waals surface area contributed by atoms with Crippen LogP contribution in [0.25, 0.3) is 21.8 Å². The third-order valence-electron chi connectivity index (χ3n) is 5.68. The SMILES string of the molecule is O=C(N1CCCC(n2c3ccccc3c3cc(C(F)(F)F)ccc32)[C@H](O)C1)C(F)(F)F. The predicted octanol–water partition coefficient (Wildman–Crippen LogP) is 4.90. The number of alkyl halides is 6. The van der Waals surface area contributed by atoms with Crippen LogP contribution in [-0.4, -0.2) is 45.9 Å². The van der Waals surface area contributed by atoms with Gasteiger partial charge >= 0.3 is 18.3 Å². The van der Waals surface area contributed by atoms with Crippen LogP contribution in [-0.2, 0) is 11.0 Å². The van der Waals surface area contributed by atoms with Crippen molar-refractivity contribution in [2.24, 2.45) is 0 Å². The molecule has 1 saturated heterocycles. The van der Waals surface area contributed by atoms with Gasteiger partial charge in [0.2, 0.25) is 0 Å². The van der Waals surface area contributed by atoms with Crippen molar-refractivity contribution in [3.05, 3.63) is 48.0 Å². The van der Waals surface area contributed by atoms with Crippen LogP contribution in [0.3, 0.4) is 0 Å². The van der Waals surface area contributed by atoms with E-state index in [4.69, 9.17) is 0 Å². The maximum Gasteiger partial charge on any atom is 0.471 e. The predicted molar refractivity (Wildman–Crippen MR) is 101 cm³/mol. The highest BCUT2D eigenvalue weighted by Crippen LogP contribution is 2.39. The highest BCUT2D eigenvalue weighted by molar-refractivity contribution is 6.08. The number of hydrogen-bond donors (Lipinski definition) is 1. The van der Waals surface area contributed by atoms with Gasteiger partial charge in [-0.2, -0.15) is 26.3 Å². The van der Waals surface area contributed by atoms with Crippen molar-refractivity contribution >= 4 is 27.7 Å². The number of nitrogens with zero attached hydrogens (tertiary/aromatic N) is 2. The van der Waals surface area contributed by atoms with Crippen molar-refractivity contribution in [2.45, 2.75) is 37.3 Å². The number of aliphatic hydroxyl groups is 1. The molecule has 3 aromatic rings. The molecule has 0 saturated carbocycles. The standard InChI is InChI=1S/C21H18F6N2O2/c22-20(23,24)12-7-8-16-14(10-12)13-4-1-2-5-15(13)29(16)17-6-3-9-28(11-18(17)30)19(31)21(25,26)27/h1-2,4-5,7-8,10,17-18,30H,3,6,9,11H2/t17?,18-/m1/s1. The molecule has 4 nitrogen and oxygen atoms in total. The number of β-amino-alcohol motifs (C(OH)–C–C–N with tert-alkyl or cyclic N) is 1. The number of fused-ring (bicyclic) bond motifs is 3. The molecule has 0 bridgehead atoms. The summed E-state index contributed by atoms with van der Waals surface area (Å²) in [6.45, 7) is -0.682. The third-order valence-corrected chi connectivity index (χ3v) is 5.68. The van der Waals surface area contributed by atoms with E-state index in [1.54, 1.807) is 28.8 Å². The number of para-hydroxylation sites is 1. The second-order valence-electron chi connectivity index (χ2n) is 7.64. The van der Waals surface area contributed by atoms with Gasteiger partial charge in [-0.25, -0.2) is 0 Å². The first-order valence-corrected chi connectivity index (χ1v) is 9.62. The Morgan fingerprint density at radius 1 is 0.968 bits per heavy atom. The van der Waals surface area contributed by atoms with E-state index in [1.807, 2.05) is 0 Å². The summed E-state index contributed by atoms with van der Waals surface area (Å²) in [6.07, 6.45) is -10.4. The molecule has 166 valence electrons. The Morgan fingerprint density at radius 2 is 1.65 bits per heavy atom. The molecule has 2 aromatic carbocycles.